The number of aliphatic carboxylic acids is 1. The minimum atomic E-state index is -1.09. The highest BCUT2D eigenvalue weighted by Crippen LogP contribution is 2.31. The smallest absolute Gasteiger partial charge is 0.342 e. The van der Waals surface area contributed by atoms with Crippen molar-refractivity contribution in [3.8, 4) is 34.3 Å². The molecule has 0 fully saturated rings. The summed E-state index contributed by atoms with van der Waals surface area (Å²) < 4.78 is 18.0. The summed E-state index contributed by atoms with van der Waals surface area (Å²) >= 11 is 1.23. The van der Waals surface area contributed by atoms with Crippen LogP contribution in [0.4, 0.5) is 0 Å². The Morgan fingerprint density at radius 2 is 1.77 bits per heavy atom. The molecule has 0 saturated heterocycles. The van der Waals surface area contributed by atoms with E-state index in [1.165, 1.54) is 18.0 Å². The number of carboxylic acids is 1. The minimum absolute atomic E-state index is 0.0392. The molecule has 11 nitrogen and oxygen atoms in total. The number of rotatable bonds is 12. The first-order chi connectivity index (χ1) is 19.0. The molecule has 0 aliphatic heterocycles. The molecule has 0 unspecified atom stereocenters. The molecule has 0 radical (unpaired) electrons. The van der Waals surface area contributed by atoms with Crippen molar-refractivity contribution in [2.75, 3.05) is 26.6 Å². The lowest BCUT2D eigenvalue weighted by atomic mass is 10.2. The average Bonchev–Trinajstić information content (AvgIpc) is 3.39. The number of benzene rings is 3. The van der Waals surface area contributed by atoms with Gasteiger partial charge < -0.3 is 19.3 Å². The minimum Gasteiger partial charge on any atom is -0.493 e. The Balaban J connectivity index is 1.49. The van der Waals surface area contributed by atoms with E-state index in [9.17, 15) is 9.59 Å². The number of ether oxygens (including phenoxy) is 3. The molecule has 4 aromatic rings. The highest BCUT2D eigenvalue weighted by atomic mass is 32.2. The summed E-state index contributed by atoms with van der Waals surface area (Å²) in [4.78, 5) is 23.3. The van der Waals surface area contributed by atoms with Gasteiger partial charge in [0.05, 0.1) is 36.8 Å². The first-order valence-corrected chi connectivity index (χ1v) is 12.6. The molecule has 12 heteroatoms. The molecule has 0 aliphatic carbocycles. The second-order valence-corrected chi connectivity index (χ2v) is 8.84. The molecule has 3 aromatic carbocycles. The van der Waals surface area contributed by atoms with Crippen molar-refractivity contribution >= 4 is 29.9 Å². The summed E-state index contributed by atoms with van der Waals surface area (Å²) in [6.45, 7) is -0.482. The number of aromatic nitrogens is 3. The number of carbonyl (C=O) groups excluding carboxylic acids is 1. The van der Waals surface area contributed by atoms with Crippen molar-refractivity contribution in [2.45, 2.75) is 5.16 Å². The third-order valence-electron chi connectivity index (χ3n) is 5.34. The molecule has 0 aliphatic rings. The van der Waals surface area contributed by atoms with Gasteiger partial charge in [-0.05, 0) is 54.2 Å². The Bertz CT molecular complexity index is 1470. The van der Waals surface area contributed by atoms with Crippen LogP contribution >= 0.6 is 11.8 Å². The summed E-state index contributed by atoms with van der Waals surface area (Å²) in [7, 11) is 3.15. The fraction of sp³-hybridized carbons (Fsp3) is 0.148. The van der Waals surface area contributed by atoms with Gasteiger partial charge in [0.1, 0.15) is 11.4 Å². The molecule has 3 N–H and O–H groups in total. The number of hydrogen-bond acceptors (Lipinski definition) is 8. The number of nitrogens with zero attached hydrogens (tertiary/aromatic N) is 3. The number of aromatic amines is 1. The molecule has 200 valence electrons. The summed E-state index contributed by atoms with van der Waals surface area (Å²) in [5.74, 6) is 0.817. The predicted octanol–water partition coefficient (Wildman–Crippen LogP) is 3.08. The standard InChI is InChI=1S/C27H25N5O6S/c1-36-22-13-12-18(14-23(22)37-2)26-30-31-27(32(26)20-9-4-3-5-10-20)39-17-24(33)29-28-15-19-8-6-7-11-21(19)38-16-25(34)35/h3-15H,16-17H2,1-2H3,(H2,29,33,34,35)/p+1/b28-15-. The number of amides is 1. The summed E-state index contributed by atoms with van der Waals surface area (Å²) in [5, 5.41) is 20.9. The Morgan fingerprint density at radius 1 is 1.03 bits per heavy atom. The fourth-order valence-electron chi connectivity index (χ4n) is 3.58. The van der Waals surface area contributed by atoms with E-state index >= 15 is 0 Å². The van der Waals surface area contributed by atoms with Crippen LogP contribution in [0.2, 0.25) is 0 Å². The molecule has 0 saturated carbocycles. The zero-order valence-corrected chi connectivity index (χ0v) is 22.0. The third-order valence-corrected chi connectivity index (χ3v) is 6.28. The second-order valence-electron chi connectivity index (χ2n) is 7.90. The first-order valence-electron chi connectivity index (χ1n) is 11.7. The normalized spacial score (nSPS) is 10.8. The second kappa shape index (κ2) is 13.1. The van der Waals surface area contributed by atoms with E-state index in [4.69, 9.17) is 19.3 Å². The van der Waals surface area contributed by atoms with Crippen LogP contribution in [0.3, 0.4) is 0 Å². The van der Waals surface area contributed by atoms with Crippen molar-refractivity contribution in [2.24, 2.45) is 5.10 Å². The number of hydrazone groups is 1. The quantitative estimate of drug-likeness (QED) is 0.106. The molecule has 1 amide bonds. The van der Waals surface area contributed by atoms with Gasteiger partial charge >= 0.3 is 11.1 Å². The van der Waals surface area contributed by atoms with Crippen LogP contribution in [-0.2, 0) is 9.59 Å². The van der Waals surface area contributed by atoms with E-state index in [1.807, 2.05) is 53.1 Å². The number of hydrogen-bond donors (Lipinski definition) is 3. The van der Waals surface area contributed by atoms with Gasteiger partial charge in [0.25, 0.3) is 11.7 Å². The van der Waals surface area contributed by atoms with E-state index < -0.39 is 12.6 Å². The van der Waals surface area contributed by atoms with Crippen LogP contribution in [0.1, 0.15) is 5.56 Å². The molecule has 1 heterocycles. The van der Waals surface area contributed by atoms with Crippen molar-refractivity contribution in [3.05, 3.63) is 78.4 Å². The van der Waals surface area contributed by atoms with E-state index in [2.05, 4.69) is 20.7 Å². The fourth-order valence-corrected chi connectivity index (χ4v) is 4.34. The lowest BCUT2D eigenvalue weighted by Gasteiger charge is -2.09. The van der Waals surface area contributed by atoms with Gasteiger partial charge in [0.15, 0.2) is 18.1 Å². The van der Waals surface area contributed by atoms with Crippen molar-refractivity contribution in [3.63, 3.8) is 0 Å². The number of carbonyl (C=O) groups is 2. The van der Waals surface area contributed by atoms with E-state index in [0.29, 0.717) is 33.8 Å². The topological polar surface area (TPSA) is 139 Å². The van der Waals surface area contributed by atoms with Crippen LogP contribution in [0.25, 0.3) is 17.1 Å². The van der Waals surface area contributed by atoms with Gasteiger partial charge in [0.2, 0.25) is 0 Å². The number of carboxylic acid groups (broad SMARTS) is 1. The summed E-state index contributed by atoms with van der Waals surface area (Å²) in [6, 6.07) is 22.0. The first kappa shape index (κ1) is 27.2. The molecule has 0 atom stereocenters. The van der Waals surface area contributed by atoms with Crippen LogP contribution in [0.5, 0.6) is 17.2 Å². The van der Waals surface area contributed by atoms with E-state index in [1.54, 1.807) is 38.5 Å². The highest BCUT2D eigenvalue weighted by Gasteiger charge is 2.25. The Labute approximate surface area is 228 Å². The SMILES string of the molecule is COc1ccc(-c2[nH]nc(SCC(=O)N/N=C\c3ccccc3OCC(=O)O)[n+]2-c2ccccc2)cc1OC. The number of para-hydroxylation sites is 2. The molecule has 0 bridgehead atoms. The molecule has 4 rings (SSSR count). The predicted molar refractivity (Wildman–Crippen MR) is 145 cm³/mol. The van der Waals surface area contributed by atoms with Crippen molar-refractivity contribution < 1.29 is 33.5 Å². The maximum Gasteiger partial charge on any atom is 0.342 e. The number of H-pyrrole nitrogens is 1. The lowest BCUT2D eigenvalue weighted by Crippen LogP contribution is -2.34. The van der Waals surface area contributed by atoms with Crippen LogP contribution < -0.4 is 24.2 Å². The van der Waals surface area contributed by atoms with Crippen LogP contribution in [0, 0.1) is 0 Å². The largest absolute Gasteiger partial charge is 0.493 e. The van der Waals surface area contributed by atoms with Crippen LogP contribution in [-0.4, -0.2) is 60.0 Å². The molecular formula is C27H26N5O6S+. The number of nitrogens with one attached hydrogen (secondary N) is 2. The average molecular weight is 549 g/mol. The van der Waals surface area contributed by atoms with Crippen LogP contribution in [0.15, 0.2) is 83.1 Å². The molecule has 0 spiro atoms. The number of methoxy groups -OCH3 is 2. The van der Waals surface area contributed by atoms with Gasteiger partial charge in [-0.1, -0.05) is 30.3 Å². The van der Waals surface area contributed by atoms with Gasteiger partial charge in [0, 0.05) is 5.56 Å². The lowest BCUT2D eigenvalue weighted by molar-refractivity contribution is -0.625. The molecular weight excluding hydrogens is 522 g/mol. The van der Waals surface area contributed by atoms with Gasteiger partial charge in [-0.3, -0.25) is 4.79 Å². The maximum absolute atomic E-state index is 12.6. The molecule has 1 aromatic heterocycles. The number of thioether (sulfide) groups is 1. The highest BCUT2D eigenvalue weighted by molar-refractivity contribution is 7.99. The van der Waals surface area contributed by atoms with E-state index in [-0.39, 0.29) is 11.7 Å². The zero-order chi connectivity index (χ0) is 27.6. The molecule has 39 heavy (non-hydrogen) atoms. The monoisotopic (exact) mass is 548 g/mol. The Morgan fingerprint density at radius 3 is 2.51 bits per heavy atom. The van der Waals surface area contributed by atoms with Gasteiger partial charge in [-0.25, -0.2) is 10.2 Å². The zero-order valence-electron chi connectivity index (χ0n) is 21.2. The van der Waals surface area contributed by atoms with Crippen molar-refractivity contribution in [1.29, 1.82) is 0 Å². The maximum atomic E-state index is 12.6. The van der Waals surface area contributed by atoms with Crippen molar-refractivity contribution in [1.82, 2.24) is 15.6 Å². The summed E-state index contributed by atoms with van der Waals surface area (Å²) in [5.41, 5.74) is 4.68. The summed E-state index contributed by atoms with van der Waals surface area (Å²) in [6.07, 6.45) is 1.40. The Hall–Kier alpha value is -4.84. The van der Waals surface area contributed by atoms with Gasteiger partial charge in [-0.15, -0.1) is 5.10 Å². The van der Waals surface area contributed by atoms with E-state index in [0.717, 1.165) is 11.3 Å². The van der Waals surface area contributed by atoms with Gasteiger partial charge in [-0.2, -0.15) is 9.67 Å². The third kappa shape index (κ3) is 6.93. The Kier molecular flexibility index (Phi) is 9.14.